The van der Waals surface area contributed by atoms with Crippen molar-refractivity contribution < 1.29 is 9.53 Å². The van der Waals surface area contributed by atoms with Gasteiger partial charge < -0.3 is 4.74 Å². The van der Waals surface area contributed by atoms with Gasteiger partial charge in [-0.3, -0.25) is 4.79 Å². The zero-order valence-electron chi connectivity index (χ0n) is 17.7. The van der Waals surface area contributed by atoms with E-state index in [1.165, 1.54) is 103 Å². The van der Waals surface area contributed by atoms with Gasteiger partial charge in [0.15, 0.2) is 5.05 Å². The van der Waals surface area contributed by atoms with Crippen LogP contribution in [0.15, 0.2) is 12.2 Å². The van der Waals surface area contributed by atoms with Crippen LogP contribution in [0.2, 0.25) is 0 Å². The lowest BCUT2D eigenvalue weighted by atomic mass is 10.0. The van der Waals surface area contributed by atoms with Crippen LogP contribution in [0.25, 0.3) is 0 Å². The monoisotopic (exact) mass is 394 g/mol. The number of rotatable bonds is 18. The highest BCUT2D eigenvalue weighted by atomic mass is 32.1. The molecule has 2 nitrogen and oxygen atoms in total. The molecule has 1 atom stereocenters. The highest BCUT2D eigenvalue weighted by Gasteiger charge is 2.27. The second-order valence-electron chi connectivity index (χ2n) is 8.12. The largest absolute Gasteiger partial charge is 0.418 e. The summed E-state index contributed by atoms with van der Waals surface area (Å²) in [6.45, 7) is 2.28. The van der Waals surface area contributed by atoms with Crippen LogP contribution in [0.4, 0.5) is 0 Å². The van der Waals surface area contributed by atoms with Crippen molar-refractivity contribution in [2.75, 3.05) is 0 Å². The predicted octanol–water partition coefficient (Wildman–Crippen LogP) is 8.08. The molecule has 1 rings (SSSR count). The molecule has 0 amide bonds. The quantitative estimate of drug-likeness (QED) is 0.102. The molecule has 0 aromatic carbocycles. The Balaban J connectivity index is 1.74. The van der Waals surface area contributed by atoms with Crippen LogP contribution in [0.3, 0.4) is 0 Å². The van der Waals surface area contributed by atoms with E-state index in [0.29, 0.717) is 11.5 Å². The molecule has 1 fully saturated rings. The number of carbonyl (C=O) groups excluding carboxylic acids is 1. The minimum absolute atomic E-state index is 0.0357. The summed E-state index contributed by atoms with van der Waals surface area (Å²) in [5.74, 6) is -0.148. The average molecular weight is 395 g/mol. The molecule has 0 bridgehead atoms. The smallest absolute Gasteiger partial charge is 0.312 e. The molecule has 3 heteroatoms. The lowest BCUT2D eigenvalue weighted by Gasteiger charge is -2.03. The van der Waals surface area contributed by atoms with Crippen molar-refractivity contribution >= 4 is 23.2 Å². The van der Waals surface area contributed by atoms with E-state index in [1.54, 1.807) is 0 Å². The molecular formula is C24H42O2S. The van der Waals surface area contributed by atoms with Gasteiger partial charge in [0.2, 0.25) is 0 Å². The number of allylic oxidation sites excluding steroid dienone is 1. The van der Waals surface area contributed by atoms with Crippen molar-refractivity contribution in [2.24, 2.45) is 5.92 Å². The van der Waals surface area contributed by atoms with Gasteiger partial charge in [-0.25, -0.2) is 0 Å². The van der Waals surface area contributed by atoms with E-state index in [1.807, 2.05) is 0 Å². The average Bonchev–Trinajstić information content (AvgIpc) is 2.98. The van der Waals surface area contributed by atoms with Crippen molar-refractivity contribution in [1.29, 1.82) is 0 Å². The van der Waals surface area contributed by atoms with E-state index in [9.17, 15) is 4.79 Å². The second-order valence-corrected chi connectivity index (χ2v) is 8.53. The Kier molecular flexibility index (Phi) is 15.7. The summed E-state index contributed by atoms with van der Waals surface area (Å²) < 4.78 is 4.90. The summed E-state index contributed by atoms with van der Waals surface area (Å²) in [6.07, 6.45) is 28.2. The van der Waals surface area contributed by atoms with E-state index in [-0.39, 0.29) is 11.9 Å². The molecule has 1 unspecified atom stereocenters. The van der Waals surface area contributed by atoms with Crippen molar-refractivity contribution in [3.63, 3.8) is 0 Å². The molecule has 1 aliphatic rings. The van der Waals surface area contributed by atoms with Crippen LogP contribution in [0.1, 0.15) is 122 Å². The van der Waals surface area contributed by atoms with Gasteiger partial charge in [-0.15, -0.1) is 0 Å². The lowest BCUT2D eigenvalue weighted by Crippen LogP contribution is -2.00. The van der Waals surface area contributed by atoms with Crippen LogP contribution in [0.5, 0.6) is 0 Å². The van der Waals surface area contributed by atoms with Gasteiger partial charge in [-0.1, -0.05) is 115 Å². The molecule has 1 aliphatic heterocycles. The Bertz CT molecular complexity index is 417. The standard InChI is InChI=1S/C24H42O2S/c1-2-3-4-5-6-7-8-9-10-11-12-13-14-15-16-17-18-19-20-22-21-23(25)26-24(22)27/h19-20,22H,2-18,21H2,1H3. The number of thiocarbonyl (C=S) groups is 1. The number of hydrogen-bond acceptors (Lipinski definition) is 3. The Labute approximate surface area is 173 Å². The SMILES string of the molecule is CCCCCCCCCCCCCCCCCCC=CC1CC(=O)OC1=S. The number of ether oxygens (including phenoxy) is 1. The van der Waals surface area contributed by atoms with Crippen molar-refractivity contribution in [2.45, 2.75) is 122 Å². The maximum absolute atomic E-state index is 11.1. The fourth-order valence-electron chi connectivity index (χ4n) is 3.71. The predicted molar refractivity (Wildman–Crippen MR) is 120 cm³/mol. The van der Waals surface area contributed by atoms with Gasteiger partial charge in [-0.05, 0) is 25.1 Å². The van der Waals surface area contributed by atoms with E-state index < -0.39 is 0 Å². The Morgan fingerprint density at radius 3 is 1.67 bits per heavy atom. The van der Waals surface area contributed by atoms with E-state index in [4.69, 9.17) is 17.0 Å². The lowest BCUT2D eigenvalue weighted by molar-refractivity contribution is -0.133. The zero-order chi connectivity index (χ0) is 19.6. The minimum atomic E-state index is -0.183. The Hall–Kier alpha value is -0.700. The summed E-state index contributed by atoms with van der Waals surface area (Å²) in [4.78, 5) is 11.1. The third-order valence-corrected chi connectivity index (χ3v) is 5.88. The maximum Gasteiger partial charge on any atom is 0.312 e. The Morgan fingerprint density at radius 2 is 1.26 bits per heavy atom. The van der Waals surface area contributed by atoms with Crippen molar-refractivity contribution in [1.82, 2.24) is 0 Å². The first-order valence-corrected chi connectivity index (χ1v) is 12.1. The van der Waals surface area contributed by atoms with Crippen LogP contribution in [-0.2, 0) is 9.53 Å². The fourth-order valence-corrected chi connectivity index (χ4v) is 3.96. The molecule has 1 saturated heterocycles. The third-order valence-electron chi connectivity index (χ3n) is 5.50. The summed E-state index contributed by atoms with van der Waals surface area (Å²) >= 11 is 5.04. The first kappa shape index (κ1) is 24.3. The highest BCUT2D eigenvalue weighted by Crippen LogP contribution is 2.19. The molecule has 0 saturated carbocycles. The number of unbranched alkanes of at least 4 members (excludes halogenated alkanes) is 16. The van der Waals surface area contributed by atoms with Crippen LogP contribution >= 0.6 is 12.2 Å². The van der Waals surface area contributed by atoms with Crippen molar-refractivity contribution in [3.8, 4) is 0 Å². The van der Waals surface area contributed by atoms with Gasteiger partial charge in [0, 0.05) is 0 Å². The van der Waals surface area contributed by atoms with E-state index in [2.05, 4.69) is 19.1 Å². The van der Waals surface area contributed by atoms with E-state index in [0.717, 1.165) is 6.42 Å². The molecule has 0 radical (unpaired) electrons. The number of carbonyl (C=O) groups is 1. The molecular weight excluding hydrogens is 352 g/mol. The molecule has 1 heterocycles. The molecule has 0 aromatic rings. The number of hydrogen-bond donors (Lipinski definition) is 0. The van der Waals surface area contributed by atoms with Crippen LogP contribution in [-0.4, -0.2) is 11.0 Å². The van der Waals surface area contributed by atoms with Gasteiger partial charge in [0.05, 0.1) is 12.3 Å². The van der Waals surface area contributed by atoms with E-state index >= 15 is 0 Å². The summed E-state index contributed by atoms with van der Waals surface area (Å²) in [5, 5.41) is 0.447. The van der Waals surface area contributed by atoms with Crippen LogP contribution < -0.4 is 0 Å². The molecule has 0 aromatic heterocycles. The third kappa shape index (κ3) is 14.0. The maximum atomic E-state index is 11.1. The zero-order valence-corrected chi connectivity index (χ0v) is 18.5. The second kappa shape index (κ2) is 17.4. The fraction of sp³-hybridized carbons (Fsp3) is 0.833. The summed E-state index contributed by atoms with van der Waals surface area (Å²) in [6, 6.07) is 0. The highest BCUT2D eigenvalue weighted by molar-refractivity contribution is 7.80. The van der Waals surface area contributed by atoms with Crippen molar-refractivity contribution in [3.05, 3.63) is 12.2 Å². The molecule has 27 heavy (non-hydrogen) atoms. The molecule has 0 aliphatic carbocycles. The first-order chi connectivity index (χ1) is 13.2. The molecule has 156 valence electrons. The Morgan fingerprint density at radius 1 is 0.815 bits per heavy atom. The number of esters is 1. The summed E-state index contributed by atoms with van der Waals surface area (Å²) in [7, 11) is 0. The van der Waals surface area contributed by atoms with Gasteiger partial charge >= 0.3 is 5.97 Å². The molecule has 0 N–H and O–H groups in total. The topological polar surface area (TPSA) is 26.3 Å². The number of cyclic esters (lactones) is 1. The van der Waals surface area contributed by atoms with Gasteiger partial charge in [0.25, 0.3) is 0 Å². The first-order valence-electron chi connectivity index (χ1n) is 11.6. The normalized spacial score (nSPS) is 17.1. The van der Waals surface area contributed by atoms with Gasteiger partial charge in [0.1, 0.15) is 0 Å². The molecule has 0 spiro atoms. The minimum Gasteiger partial charge on any atom is -0.418 e. The summed E-state index contributed by atoms with van der Waals surface area (Å²) in [5.41, 5.74) is 0. The van der Waals surface area contributed by atoms with Gasteiger partial charge in [-0.2, -0.15) is 0 Å². The van der Waals surface area contributed by atoms with Crippen LogP contribution in [0, 0.1) is 5.92 Å².